The van der Waals surface area contributed by atoms with E-state index >= 15 is 0 Å². The second-order valence-electron chi connectivity index (χ2n) is 6.08. The fourth-order valence-corrected chi connectivity index (χ4v) is 6.03. The number of rotatable bonds is 8. The molecule has 27 heavy (non-hydrogen) atoms. The molecule has 0 spiro atoms. The molecule has 2 aromatic carbocycles. The van der Waals surface area contributed by atoms with Crippen molar-refractivity contribution < 1.29 is 17.7 Å². The van der Waals surface area contributed by atoms with Crippen molar-refractivity contribution in [2.75, 3.05) is 0 Å². The van der Waals surface area contributed by atoms with E-state index in [0.717, 1.165) is 21.9 Å². The molecule has 5 heteroatoms. The Morgan fingerprint density at radius 3 is 1.37 bits per heavy atom. The zero-order chi connectivity index (χ0) is 18.4. The smallest absolute Gasteiger partial charge is 0.407 e. The minimum absolute atomic E-state index is 0.334. The van der Waals surface area contributed by atoms with E-state index in [1.165, 1.54) is 0 Å². The zero-order valence-electron chi connectivity index (χ0n) is 14.8. The molecule has 0 unspecified atom stereocenters. The molecule has 0 saturated carbocycles. The highest BCUT2D eigenvalue weighted by Crippen LogP contribution is 2.16. The molecule has 0 N–H and O–H groups in total. The van der Waals surface area contributed by atoms with E-state index in [1.807, 2.05) is 60.7 Å². The average Bonchev–Trinajstić information content (AvgIpc) is 3.44. The van der Waals surface area contributed by atoms with E-state index in [9.17, 15) is 0 Å². The molecule has 0 bridgehead atoms. The highest BCUT2D eigenvalue weighted by Gasteiger charge is 2.43. The summed E-state index contributed by atoms with van der Waals surface area (Å²) < 4.78 is 24.0. The summed E-state index contributed by atoms with van der Waals surface area (Å²) in [6.07, 6.45) is 3.30. The van der Waals surface area contributed by atoms with Crippen molar-refractivity contribution in [1.82, 2.24) is 0 Å². The second kappa shape index (κ2) is 8.22. The fourth-order valence-electron chi connectivity index (χ4n) is 2.99. The summed E-state index contributed by atoms with van der Waals surface area (Å²) in [5.41, 5.74) is 0. The molecule has 136 valence electrons. The number of furan rings is 2. The van der Waals surface area contributed by atoms with E-state index in [4.69, 9.17) is 17.7 Å². The molecule has 4 aromatic rings. The van der Waals surface area contributed by atoms with Gasteiger partial charge in [0, 0.05) is 0 Å². The van der Waals surface area contributed by atoms with Crippen LogP contribution in [0.1, 0.15) is 11.5 Å². The topological polar surface area (TPSA) is 44.7 Å². The summed E-state index contributed by atoms with van der Waals surface area (Å²) in [6, 6.07) is 27.8. The Kier molecular flexibility index (Phi) is 5.34. The van der Waals surface area contributed by atoms with Gasteiger partial charge in [-0.3, -0.25) is 0 Å². The molecule has 0 amide bonds. The molecule has 4 nitrogen and oxygen atoms in total. The molecule has 0 atom stereocenters. The van der Waals surface area contributed by atoms with Gasteiger partial charge in [0.05, 0.1) is 25.7 Å². The van der Waals surface area contributed by atoms with Crippen LogP contribution in [0.2, 0.25) is 0 Å². The van der Waals surface area contributed by atoms with Gasteiger partial charge in [0.1, 0.15) is 11.5 Å². The highest BCUT2D eigenvalue weighted by atomic mass is 28.4. The van der Waals surface area contributed by atoms with Crippen molar-refractivity contribution in [2.45, 2.75) is 13.2 Å². The minimum atomic E-state index is -2.98. The van der Waals surface area contributed by atoms with Gasteiger partial charge in [-0.25, -0.2) is 0 Å². The summed E-state index contributed by atoms with van der Waals surface area (Å²) in [5, 5.41) is 2.07. The van der Waals surface area contributed by atoms with Crippen LogP contribution in [0.4, 0.5) is 0 Å². The minimum Gasteiger partial charge on any atom is -0.467 e. The van der Waals surface area contributed by atoms with Gasteiger partial charge in [0.25, 0.3) is 0 Å². The second-order valence-corrected chi connectivity index (χ2v) is 9.05. The largest absolute Gasteiger partial charge is 0.467 e. The molecular weight excluding hydrogens is 356 g/mol. The molecule has 0 aliphatic carbocycles. The molecule has 0 aliphatic heterocycles. The van der Waals surface area contributed by atoms with Gasteiger partial charge in [0.15, 0.2) is 0 Å². The Morgan fingerprint density at radius 2 is 1.00 bits per heavy atom. The van der Waals surface area contributed by atoms with Crippen molar-refractivity contribution in [3.8, 4) is 0 Å². The highest BCUT2D eigenvalue weighted by molar-refractivity contribution is 6.92. The van der Waals surface area contributed by atoms with Gasteiger partial charge in [-0.1, -0.05) is 60.7 Å². The molecule has 0 saturated heterocycles. The van der Waals surface area contributed by atoms with E-state index in [1.54, 1.807) is 12.5 Å². The standard InChI is InChI=1S/C22H20O4Si/c1-3-11-21(12-4-1)27(22-13-5-2-6-14-22,25-17-19-9-7-15-23-19)26-18-20-10-8-16-24-20/h1-16H,17-18H2. The Morgan fingerprint density at radius 1 is 0.556 bits per heavy atom. The normalized spacial score (nSPS) is 11.6. The van der Waals surface area contributed by atoms with Gasteiger partial charge in [-0.05, 0) is 34.6 Å². The third-order valence-electron chi connectivity index (χ3n) is 4.30. The number of hydrogen-bond acceptors (Lipinski definition) is 4. The third kappa shape index (κ3) is 3.95. The van der Waals surface area contributed by atoms with Crippen LogP contribution < -0.4 is 10.4 Å². The van der Waals surface area contributed by atoms with Crippen LogP contribution in [0.15, 0.2) is 106 Å². The number of hydrogen-bond donors (Lipinski definition) is 0. The maximum atomic E-state index is 6.53. The van der Waals surface area contributed by atoms with Crippen LogP contribution >= 0.6 is 0 Å². The van der Waals surface area contributed by atoms with Crippen molar-refractivity contribution in [1.29, 1.82) is 0 Å². The Labute approximate surface area is 159 Å². The first-order valence-corrected chi connectivity index (χ1v) is 10.6. The van der Waals surface area contributed by atoms with Crippen molar-refractivity contribution in [3.63, 3.8) is 0 Å². The predicted molar refractivity (Wildman–Crippen MR) is 105 cm³/mol. The first-order chi connectivity index (χ1) is 13.4. The summed E-state index contributed by atoms with van der Waals surface area (Å²) in [7, 11) is -2.98. The lowest BCUT2D eigenvalue weighted by Gasteiger charge is -2.31. The van der Waals surface area contributed by atoms with Gasteiger partial charge in [-0.15, -0.1) is 0 Å². The summed E-state index contributed by atoms with van der Waals surface area (Å²) in [6.45, 7) is 0.669. The van der Waals surface area contributed by atoms with Gasteiger partial charge >= 0.3 is 8.56 Å². The van der Waals surface area contributed by atoms with E-state index in [-0.39, 0.29) is 0 Å². The lowest BCUT2D eigenvalue weighted by atomic mass is 10.4. The first kappa shape index (κ1) is 17.5. The summed E-state index contributed by atoms with van der Waals surface area (Å²) in [5.74, 6) is 1.53. The van der Waals surface area contributed by atoms with Crippen LogP contribution in [-0.2, 0) is 22.1 Å². The lowest BCUT2D eigenvalue weighted by molar-refractivity contribution is 0.156. The predicted octanol–water partition coefficient (Wildman–Crippen LogP) is 3.86. The third-order valence-corrected chi connectivity index (χ3v) is 7.59. The van der Waals surface area contributed by atoms with Crippen molar-refractivity contribution in [2.24, 2.45) is 0 Å². The molecule has 0 fully saturated rings. The maximum absolute atomic E-state index is 6.53. The van der Waals surface area contributed by atoms with Crippen LogP contribution in [0, 0.1) is 0 Å². The van der Waals surface area contributed by atoms with Crippen LogP contribution in [-0.4, -0.2) is 8.56 Å². The first-order valence-electron chi connectivity index (χ1n) is 8.80. The number of benzene rings is 2. The van der Waals surface area contributed by atoms with E-state index in [0.29, 0.717) is 13.2 Å². The quantitative estimate of drug-likeness (QED) is 0.438. The molecule has 2 heterocycles. The molecule has 2 aromatic heterocycles. The molecular formula is C22H20O4Si. The van der Waals surface area contributed by atoms with Crippen LogP contribution in [0.3, 0.4) is 0 Å². The summed E-state index contributed by atoms with van der Waals surface area (Å²) >= 11 is 0. The molecule has 0 aliphatic rings. The Bertz CT molecular complexity index is 839. The van der Waals surface area contributed by atoms with Gasteiger partial charge in [-0.2, -0.15) is 0 Å². The van der Waals surface area contributed by atoms with Crippen molar-refractivity contribution in [3.05, 3.63) is 109 Å². The van der Waals surface area contributed by atoms with E-state index in [2.05, 4.69) is 24.3 Å². The van der Waals surface area contributed by atoms with Gasteiger partial charge in [0.2, 0.25) is 0 Å². The van der Waals surface area contributed by atoms with E-state index < -0.39 is 8.56 Å². The fraction of sp³-hybridized carbons (Fsp3) is 0.0909. The lowest BCUT2D eigenvalue weighted by Crippen LogP contribution is -2.63. The molecule has 4 rings (SSSR count). The zero-order valence-corrected chi connectivity index (χ0v) is 15.8. The average molecular weight is 376 g/mol. The monoisotopic (exact) mass is 376 g/mol. The maximum Gasteiger partial charge on any atom is 0.407 e. The van der Waals surface area contributed by atoms with Crippen molar-refractivity contribution >= 4 is 18.9 Å². The Balaban J connectivity index is 1.74. The van der Waals surface area contributed by atoms with Gasteiger partial charge < -0.3 is 17.7 Å². The SMILES string of the molecule is c1ccc([Si](OCc2ccco2)(OCc2ccco2)c2ccccc2)cc1. The summed E-state index contributed by atoms with van der Waals surface area (Å²) in [4.78, 5) is 0. The molecule has 0 radical (unpaired) electrons. The van der Waals surface area contributed by atoms with Crippen LogP contribution in [0.25, 0.3) is 0 Å². The van der Waals surface area contributed by atoms with Crippen LogP contribution in [0.5, 0.6) is 0 Å². The Hall–Kier alpha value is -2.86.